The molecule has 24 heavy (non-hydrogen) atoms. The van der Waals surface area contributed by atoms with E-state index in [1.807, 2.05) is 30.6 Å². The van der Waals surface area contributed by atoms with Crippen molar-refractivity contribution in [3.8, 4) is 0 Å². The molecule has 7 nitrogen and oxygen atoms in total. The van der Waals surface area contributed by atoms with Gasteiger partial charge >= 0.3 is 5.69 Å². The normalized spacial score (nSPS) is 15.0. The summed E-state index contributed by atoms with van der Waals surface area (Å²) >= 11 is 0. The van der Waals surface area contributed by atoms with E-state index >= 15 is 0 Å². The van der Waals surface area contributed by atoms with Crippen molar-refractivity contribution in [3.63, 3.8) is 0 Å². The average Bonchev–Trinajstić information content (AvgIpc) is 2.98. The van der Waals surface area contributed by atoms with E-state index in [1.54, 1.807) is 13.1 Å². The third-order valence-corrected chi connectivity index (χ3v) is 4.39. The Hall–Kier alpha value is -2.57. The molecule has 128 valence electrons. The van der Waals surface area contributed by atoms with Crippen molar-refractivity contribution in [2.24, 2.45) is 7.05 Å². The number of aryl methyl sites for hydroxylation is 2. The van der Waals surface area contributed by atoms with E-state index in [1.165, 1.54) is 9.13 Å². The zero-order chi connectivity index (χ0) is 17.3. The maximum Gasteiger partial charge on any atom is 0.332 e. The number of fused-ring (bicyclic) bond motifs is 3. The molecule has 1 aliphatic heterocycles. The third-order valence-electron chi connectivity index (χ3n) is 4.39. The second-order valence-corrected chi connectivity index (χ2v) is 5.93. The topological polar surface area (TPSA) is 65.1 Å². The highest BCUT2D eigenvalue weighted by Gasteiger charge is 2.25. The Labute approximate surface area is 140 Å². The van der Waals surface area contributed by atoms with Gasteiger partial charge in [-0.15, -0.1) is 0 Å². The lowest BCUT2D eigenvalue weighted by atomic mass is 10.3. The fourth-order valence-electron chi connectivity index (χ4n) is 3.11. The molecule has 0 spiro atoms. The largest absolute Gasteiger partial charge is 0.338 e. The van der Waals surface area contributed by atoms with E-state index in [0.29, 0.717) is 11.2 Å². The molecule has 0 atom stereocenters. The van der Waals surface area contributed by atoms with Crippen molar-refractivity contribution in [3.05, 3.63) is 45.1 Å². The van der Waals surface area contributed by atoms with Crippen molar-refractivity contribution < 1.29 is 0 Å². The summed E-state index contributed by atoms with van der Waals surface area (Å²) in [4.78, 5) is 32.1. The van der Waals surface area contributed by atoms with Crippen molar-refractivity contribution in [1.29, 1.82) is 0 Å². The van der Waals surface area contributed by atoms with E-state index in [4.69, 9.17) is 0 Å². The van der Waals surface area contributed by atoms with Gasteiger partial charge in [0.25, 0.3) is 5.56 Å². The van der Waals surface area contributed by atoms with Gasteiger partial charge in [-0.1, -0.05) is 24.3 Å². The minimum atomic E-state index is -0.332. The number of anilines is 1. The predicted molar refractivity (Wildman–Crippen MR) is 95.7 cm³/mol. The second-order valence-electron chi connectivity index (χ2n) is 5.93. The molecule has 7 heteroatoms. The zero-order valence-corrected chi connectivity index (χ0v) is 14.4. The number of hydrogen-bond donors (Lipinski definition) is 0. The molecule has 0 saturated heterocycles. The lowest BCUT2D eigenvalue weighted by Crippen LogP contribution is -2.39. The summed E-state index contributed by atoms with van der Waals surface area (Å²) in [6.07, 6.45) is 8.66. The summed E-state index contributed by atoms with van der Waals surface area (Å²) < 4.78 is 4.69. The highest BCUT2D eigenvalue weighted by atomic mass is 16.2. The van der Waals surface area contributed by atoms with Gasteiger partial charge < -0.3 is 9.47 Å². The number of allylic oxidation sites excluding steroid dienone is 3. The monoisotopic (exact) mass is 329 g/mol. The van der Waals surface area contributed by atoms with E-state index in [9.17, 15) is 9.59 Å². The molecule has 2 aromatic rings. The summed E-state index contributed by atoms with van der Waals surface area (Å²) in [5.74, 6) is 0.769. The molecule has 0 aliphatic carbocycles. The maximum absolute atomic E-state index is 12.9. The smallest absolute Gasteiger partial charge is 0.332 e. The standard InChI is InChI=1S/C17H23N5O2/c1-4-6-9-20-10-8-12-21-13-14(18-16(20)21)19(3)17(24)22(15(13)23)11-7-5-2/h4-7H,8-12H2,1-3H3/b6-4-,7-5-. The van der Waals surface area contributed by atoms with Crippen LogP contribution in [0.3, 0.4) is 0 Å². The van der Waals surface area contributed by atoms with Crippen molar-refractivity contribution in [2.75, 3.05) is 18.0 Å². The Morgan fingerprint density at radius 1 is 1.08 bits per heavy atom. The van der Waals surface area contributed by atoms with Crippen LogP contribution in [0.15, 0.2) is 33.9 Å². The molecule has 0 aromatic carbocycles. The molecular formula is C17H23N5O2. The Morgan fingerprint density at radius 2 is 1.79 bits per heavy atom. The van der Waals surface area contributed by atoms with Gasteiger partial charge in [-0.25, -0.2) is 4.79 Å². The zero-order valence-electron chi connectivity index (χ0n) is 14.4. The highest BCUT2D eigenvalue weighted by Crippen LogP contribution is 2.24. The van der Waals surface area contributed by atoms with Crippen LogP contribution in [-0.2, 0) is 20.1 Å². The van der Waals surface area contributed by atoms with Crippen LogP contribution >= 0.6 is 0 Å². The van der Waals surface area contributed by atoms with Crippen LogP contribution in [-0.4, -0.2) is 31.8 Å². The Balaban J connectivity index is 2.26. The molecule has 1 aliphatic rings. The van der Waals surface area contributed by atoms with Gasteiger partial charge in [0.1, 0.15) is 0 Å². The molecule has 0 N–H and O–H groups in total. The minimum absolute atomic E-state index is 0.266. The third kappa shape index (κ3) is 2.50. The molecule has 0 bridgehead atoms. The first kappa shape index (κ1) is 16.3. The van der Waals surface area contributed by atoms with E-state index < -0.39 is 0 Å². The first-order chi connectivity index (χ1) is 11.6. The molecule has 0 fully saturated rings. The molecule has 0 saturated carbocycles. The number of hydrogen-bond acceptors (Lipinski definition) is 4. The van der Waals surface area contributed by atoms with Crippen LogP contribution in [0.4, 0.5) is 5.95 Å². The first-order valence-electron chi connectivity index (χ1n) is 8.27. The first-order valence-corrected chi connectivity index (χ1v) is 8.27. The van der Waals surface area contributed by atoms with Gasteiger partial charge in [-0.05, 0) is 20.3 Å². The quantitative estimate of drug-likeness (QED) is 0.792. The van der Waals surface area contributed by atoms with Gasteiger partial charge in [0.05, 0.1) is 0 Å². The minimum Gasteiger partial charge on any atom is -0.338 e. The summed E-state index contributed by atoms with van der Waals surface area (Å²) in [6.45, 7) is 6.52. The Bertz CT molecular complexity index is 929. The fraction of sp³-hybridized carbons (Fsp3) is 0.471. The molecule has 0 unspecified atom stereocenters. The van der Waals surface area contributed by atoms with Gasteiger partial charge in [-0.2, -0.15) is 4.98 Å². The number of nitrogens with zero attached hydrogens (tertiary/aromatic N) is 5. The SMILES string of the molecule is C/C=C\CN1CCCn2c1nc1c2c(=O)n(C/C=C\C)c(=O)n1C. The van der Waals surface area contributed by atoms with Crippen LogP contribution < -0.4 is 16.1 Å². The number of imidazole rings is 1. The number of rotatable bonds is 4. The Morgan fingerprint density at radius 3 is 2.50 bits per heavy atom. The molecule has 2 aromatic heterocycles. The van der Waals surface area contributed by atoms with Crippen LogP contribution in [0, 0.1) is 0 Å². The van der Waals surface area contributed by atoms with Crippen LogP contribution in [0.25, 0.3) is 11.2 Å². The lowest BCUT2D eigenvalue weighted by molar-refractivity contribution is 0.576. The van der Waals surface area contributed by atoms with Gasteiger partial charge in [0, 0.05) is 33.2 Å². The van der Waals surface area contributed by atoms with Crippen molar-refractivity contribution in [2.45, 2.75) is 33.4 Å². The summed E-state index contributed by atoms with van der Waals surface area (Å²) in [7, 11) is 1.67. The fourth-order valence-corrected chi connectivity index (χ4v) is 3.11. The molecule has 3 rings (SSSR count). The molecular weight excluding hydrogens is 306 g/mol. The van der Waals surface area contributed by atoms with Crippen LogP contribution in [0.2, 0.25) is 0 Å². The summed E-state index contributed by atoms with van der Waals surface area (Å²) in [6, 6.07) is 0. The predicted octanol–water partition coefficient (Wildman–Crippen LogP) is 1.26. The Kier molecular flexibility index (Phi) is 4.42. The average molecular weight is 329 g/mol. The molecule has 0 amide bonds. The van der Waals surface area contributed by atoms with Crippen molar-refractivity contribution >= 4 is 17.1 Å². The van der Waals surface area contributed by atoms with E-state index in [2.05, 4.69) is 16.0 Å². The van der Waals surface area contributed by atoms with E-state index in [0.717, 1.165) is 32.0 Å². The lowest BCUT2D eigenvalue weighted by Gasteiger charge is -2.27. The second kappa shape index (κ2) is 6.51. The van der Waals surface area contributed by atoms with E-state index in [-0.39, 0.29) is 17.8 Å². The van der Waals surface area contributed by atoms with Gasteiger partial charge in [0.15, 0.2) is 11.2 Å². The van der Waals surface area contributed by atoms with Gasteiger partial charge in [0.2, 0.25) is 5.95 Å². The number of aromatic nitrogens is 4. The van der Waals surface area contributed by atoms with Gasteiger partial charge in [-0.3, -0.25) is 13.9 Å². The highest BCUT2D eigenvalue weighted by molar-refractivity contribution is 5.75. The van der Waals surface area contributed by atoms with Crippen molar-refractivity contribution in [1.82, 2.24) is 18.7 Å². The molecule has 0 radical (unpaired) electrons. The molecule has 3 heterocycles. The summed E-state index contributed by atoms with van der Waals surface area (Å²) in [5, 5.41) is 0. The van der Waals surface area contributed by atoms with Crippen LogP contribution in [0.1, 0.15) is 20.3 Å². The van der Waals surface area contributed by atoms with Crippen LogP contribution in [0.5, 0.6) is 0 Å². The summed E-state index contributed by atoms with van der Waals surface area (Å²) in [5.41, 5.74) is 0.379. The maximum atomic E-state index is 12.9.